The number of fused-ring (bicyclic) bond motifs is 1. The van der Waals surface area contributed by atoms with Gasteiger partial charge in [0.05, 0.1) is 22.8 Å². The molecule has 2 saturated carbocycles. The first-order chi connectivity index (χ1) is 15.2. The van der Waals surface area contributed by atoms with Crippen molar-refractivity contribution >= 4 is 29.3 Å². The van der Waals surface area contributed by atoms with E-state index < -0.39 is 5.60 Å². The lowest BCUT2D eigenvalue weighted by molar-refractivity contribution is -0.0750. The van der Waals surface area contributed by atoms with Crippen LogP contribution in [0, 0.1) is 11.8 Å². The average Bonchev–Trinajstić information content (AvgIpc) is 3.37. The Hall–Kier alpha value is -1.76. The molecule has 1 saturated heterocycles. The van der Waals surface area contributed by atoms with Crippen molar-refractivity contribution in [2.45, 2.75) is 64.3 Å². The molecule has 32 heavy (non-hydrogen) atoms. The standard InChI is InChI=1S/C24H28Cl2N2O4/c1-24(2,3)31-23(29)28-10-14-9-19(15(14)11-28)30-12-16-21(27-32-22(16)13-7-8-13)20-17(25)5-4-6-18(20)26/h4-6,13-15,19H,7-12H2,1-3H3/t14-,15+,19?/m1/s1. The lowest BCUT2D eigenvalue weighted by Gasteiger charge is -2.38. The maximum Gasteiger partial charge on any atom is 0.410 e. The van der Waals surface area contributed by atoms with Crippen LogP contribution >= 0.6 is 23.2 Å². The molecule has 172 valence electrons. The summed E-state index contributed by atoms with van der Waals surface area (Å²) in [7, 11) is 0. The quantitative estimate of drug-likeness (QED) is 0.504. The minimum atomic E-state index is -0.488. The number of nitrogens with zero attached hydrogens (tertiary/aromatic N) is 2. The van der Waals surface area contributed by atoms with Gasteiger partial charge in [0.25, 0.3) is 0 Å². The Kier molecular flexibility index (Phi) is 5.67. The summed E-state index contributed by atoms with van der Waals surface area (Å²) in [6.07, 6.45) is 2.99. The van der Waals surface area contributed by atoms with Gasteiger partial charge in [-0.3, -0.25) is 0 Å². The molecule has 2 aliphatic carbocycles. The van der Waals surface area contributed by atoms with Crippen LogP contribution in [0.4, 0.5) is 4.79 Å². The molecule has 0 radical (unpaired) electrons. The normalized spacial score (nSPS) is 24.9. The number of ether oxygens (including phenoxy) is 2. The summed E-state index contributed by atoms with van der Waals surface area (Å²) >= 11 is 12.9. The summed E-state index contributed by atoms with van der Waals surface area (Å²) in [5.74, 6) is 2.07. The van der Waals surface area contributed by atoms with E-state index in [1.54, 1.807) is 12.1 Å². The lowest BCUT2D eigenvalue weighted by Crippen LogP contribution is -2.42. The van der Waals surface area contributed by atoms with Gasteiger partial charge in [-0.15, -0.1) is 0 Å². The molecule has 3 aliphatic rings. The Labute approximate surface area is 198 Å². The van der Waals surface area contributed by atoms with E-state index in [1.165, 1.54) is 0 Å². The summed E-state index contributed by atoms with van der Waals surface area (Å²) in [6.45, 7) is 7.47. The molecule has 1 aromatic carbocycles. The van der Waals surface area contributed by atoms with Gasteiger partial charge in [0.1, 0.15) is 17.1 Å². The Morgan fingerprint density at radius 1 is 1.22 bits per heavy atom. The van der Waals surface area contributed by atoms with Gasteiger partial charge in [-0.25, -0.2) is 4.79 Å². The minimum Gasteiger partial charge on any atom is -0.444 e. The van der Waals surface area contributed by atoms with Gasteiger partial charge in [0, 0.05) is 36.1 Å². The van der Waals surface area contributed by atoms with Crippen molar-refractivity contribution in [2.24, 2.45) is 11.8 Å². The predicted molar refractivity (Wildman–Crippen MR) is 122 cm³/mol. The van der Waals surface area contributed by atoms with Gasteiger partial charge in [-0.05, 0) is 58.1 Å². The maximum atomic E-state index is 12.4. The fourth-order valence-electron chi connectivity index (χ4n) is 4.75. The van der Waals surface area contributed by atoms with Crippen LogP contribution in [0.15, 0.2) is 22.7 Å². The minimum absolute atomic E-state index is 0.101. The number of halogens is 2. The van der Waals surface area contributed by atoms with Gasteiger partial charge in [-0.2, -0.15) is 0 Å². The first-order valence-corrected chi connectivity index (χ1v) is 12.0. The Morgan fingerprint density at radius 2 is 1.94 bits per heavy atom. The number of benzene rings is 1. The van der Waals surface area contributed by atoms with Crippen LogP contribution in [0.3, 0.4) is 0 Å². The molecular weight excluding hydrogens is 451 g/mol. The van der Waals surface area contributed by atoms with Crippen LogP contribution in [-0.2, 0) is 16.1 Å². The molecule has 2 aromatic rings. The first kappa shape index (κ1) is 22.1. The van der Waals surface area contributed by atoms with E-state index in [4.69, 9.17) is 37.2 Å². The molecule has 5 rings (SSSR count). The highest BCUT2D eigenvalue weighted by atomic mass is 35.5. The molecule has 0 bridgehead atoms. The van der Waals surface area contributed by atoms with Crippen molar-refractivity contribution < 1.29 is 18.8 Å². The molecule has 1 aliphatic heterocycles. The number of likely N-dealkylation sites (tertiary alicyclic amines) is 1. The van der Waals surface area contributed by atoms with E-state index in [-0.39, 0.29) is 12.2 Å². The van der Waals surface area contributed by atoms with Crippen LogP contribution < -0.4 is 0 Å². The van der Waals surface area contributed by atoms with E-state index in [0.29, 0.717) is 52.2 Å². The number of rotatable bonds is 5. The molecule has 0 N–H and O–H groups in total. The number of hydrogen-bond donors (Lipinski definition) is 0. The van der Waals surface area contributed by atoms with Gasteiger partial charge >= 0.3 is 6.09 Å². The van der Waals surface area contributed by atoms with Crippen LogP contribution in [0.1, 0.15) is 57.3 Å². The smallest absolute Gasteiger partial charge is 0.410 e. The van der Waals surface area contributed by atoms with Crippen LogP contribution in [-0.4, -0.2) is 40.9 Å². The largest absolute Gasteiger partial charge is 0.444 e. The molecule has 8 heteroatoms. The van der Waals surface area contributed by atoms with E-state index >= 15 is 0 Å². The van der Waals surface area contributed by atoms with Crippen LogP contribution in [0.5, 0.6) is 0 Å². The van der Waals surface area contributed by atoms with Crippen LogP contribution in [0.25, 0.3) is 11.3 Å². The van der Waals surface area contributed by atoms with E-state index in [0.717, 1.165) is 37.1 Å². The molecule has 6 nitrogen and oxygen atoms in total. The Bertz CT molecular complexity index is 1010. The third kappa shape index (κ3) is 4.25. The second kappa shape index (κ2) is 8.23. The molecule has 2 heterocycles. The van der Waals surface area contributed by atoms with Gasteiger partial charge < -0.3 is 18.9 Å². The SMILES string of the molecule is CC(C)(C)OC(=O)N1C[C@H]2CC(OCc3c(-c4c(Cl)cccc4Cl)noc3C3CC3)[C@H]2C1. The highest BCUT2D eigenvalue weighted by Gasteiger charge is 2.50. The third-order valence-corrected chi connectivity index (χ3v) is 7.19. The van der Waals surface area contributed by atoms with Crippen molar-refractivity contribution in [1.29, 1.82) is 0 Å². The topological polar surface area (TPSA) is 64.8 Å². The molecule has 1 unspecified atom stereocenters. The number of carbonyl (C=O) groups excluding carboxylic acids is 1. The van der Waals surface area contributed by atoms with Crippen LogP contribution in [0.2, 0.25) is 10.0 Å². The van der Waals surface area contributed by atoms with Gasteiger partial charge in [0.15, 0.2) is 0 Å². The number of hydrogen-bond acceptors (Lipinski definition) is 5. The maximum absolute atomic E-state index is 12.4. The summed E-state index contributed by atoms with van der Waals surface area (Å²) < 4.78 is 17.6. The molecular formula is C24H28Cl2N2O4. The molecule has 1 amide bonds. The van der Waals surface area contributed by atoms with Crippen molar-refractivity contribution in [3.8, 4) is 11.3 Å². The summed E-state index contributed by atoms with van der Waals surface area (Å²) in [5, 5.41) is 5.42. The number of amides is 1. The lowest BCUT2D eigenvalue weighted by atomic mass is 9.73. The summed E-state index contributed by atoms with van der Waals surface area (Å²) in [5.41, 5.74) is 1.81. The summed E-state index contributed by atoms with van der Waals surface area (Å²) in [4.78, 5) is 14.3. The van der Waals surface area contributed by atoms with Gasteiger partial charge in [0.2, 0.25) is 0 Å². The van der Waals surface area contributed by atoms with Crippen molar-refractivity contribution in [3.63, 3.8) is 0 Å². The van der Waals surface area contributed by atoms with E-state index in [2.05, 4.69) is 5.16 Å². The fourth-order valence-corrected chi connectivity index (χ4v) is 5.33. The van der Waals surface area contributed by atoms with Crippen molar-refractivity contribution in [2.75, 3.05) is 13.1 Å². The zero-order chi connectivity index (χ0) is 22.6. The zero-order valence-corrected chi connectivity index (χ0v) is 20.1. The number of aromatic nitrogens is 1. The Morgan fingerprint density at radius 3 is 2.59 bits per heavy atom. The van der Waals surface area contributed by atoms with Crippen molar-refractivity contribution in [1.82, 2.24) is 10.1 Å². The molecule has 0 spiro atoms. The Balaban J connectivity index is 1.28. The molecule has 1 aromatic heterocycles. The highest BCUT2D eigenvalue weighted by Crippen LogP contribution is 2.48. The second-order valence-corrected chi connectivity index (χ2v) is 11.0. The average molecular weight is 479 g/mol. The monoisotopic (exact) mass is 478 g/mol. The third-order valence-electron chi connectivity index (χ3n) is 6.56. The summed E-state index contributed by atoms with van der Waals surface area (Å²) in [6, 6.07) is 5.43. The fraction of sp³-hybridized carbons (Fsp3) is 0.583. The predicted octanol–water partition coefficient (Wildman–Crippen LogP) is 6.30. The van der Waals surface area contributed by atoms with Gasteiger partial charge in [-0.1, -0.05) is 34.4 Å². The number of carbonyl (C=O) groups is 1. The highest BCUT2D eigenvalue weighted by molar-refractivity contribution is 6.39. The molecule has 3 fully saturated rings. The van der Waals surface area contributed by atoms with E-state index in [9.17, 15) is 4.79 Å². The molecule has 3 atom stereocenters. The zero-order valence-electron chi connectivity index (χ0n) is 18.6. The van der Waals surface area contributed by atoms with Crippen molar-refractivity contribution in [3.05, 3.63) is 39.6 Å². The van der Waals surface area contributed by atoms with E-state index in [1.807, 2.05) is 31.7 Å². The second-order valence-electron chi connectivity index (χ2n) is 10.1. The first-order valence-electron chi connectivity index (χ1n) is 11.2.